The van der Waals surface area contributed by atoms with Crippen molar-refractivity contribution in [2.24, 2.45) is 0 Å². The molecule has 1 aliphatic heterocycles. The minimum Gasteiger partial charge on any atom is -0.455 e. The van der Waals surface area contributed by atoms with E-state index in [2.05, 4.69) is 0 Å². The molecule has 0 N–H and O–H groups in total. The molecule has 130 valence electrons. The molecule has 1 amide bonds. The summed E-state index contributed by atoms with van der Waals surface area (Å²) in [6.45, 7) is 3.33. The molecule has 24 heavy (non-hydrogen) atoms. The minimum absolute atomic E-state index is 0.0189. The Morgan fingerprint density at radius 1 is 1.33 bits per heavy atom. The Kier molecular flexibility index (Phi) is 5.11. The number of amides is 1. The summed E-state index contributed by atoms with van der Waals surface area (Å²) >= 11 is 5.93. The topological polar surface area (TPSA) is 55.8 Å². The monoisotopic (exact) mass is 351 g/mol. The van der Waals surface area contributed by atoms with E-state index in [1.807, 2.05) is 19.1 Å². The third-order valence-electron chi connectivity index (χ3n) is 4.92. The summed E-state index contributed by atoms with van der Waals surface area (Å²) < 4.78 is 10.8. The molecule has 0 bridgehead atoms. The number of benzene rings is 1. The van der Waals surface area contributed by atoms with Crippen molar-refractivity contribution < 1.29 is 19.1 Å². The largest absolute Gasteiger partial charge is 0.455 e. The third-order valence-corrected chi connectivity index (χ3v) is 5.17. The Morgan fingerprint density at radius 3 is 2.62 bits per heavy atom. The first-order valence-electron chi connectivity index (χ1n) is 8.34. The molecule has 1 atom stereocenters. The lowest BCUT2D eigenvalue weighted by Crippen LogP contribution is -2.48. The smallest absolute Gasteiger partial charge is 0.317 e. The van der Waals surface area contributed by atoms with E-state index in [0.717, 1.165) is 24.8 Å². The molecule has 1 heterocycles. The van der Waals surface area contributed by atoms with Crippen molar-refractivity contribution in [1.29, 1.82) is 0 Å². The van der Waals surface area contributed by atoms with Gasteiger partial charge in [0, 0.05) is 18.1 Å². The summed E-state index contributed by atoms with van der Waals surface area (Å²) in [6.07, 6.45) is 2.49. The van der Waals surface area contributed by atoms with Crippen LogP contribution in [-0.2, 0) is 24.5 Å². The zero-order valence-electron chi connectivity index (χ0n) is 13.8. The highest BCUT2D eigenvalue weighted by Crippen LogP contribution is 2.45. The van der Waals surface area contributed by atoms with Crippen LogP contribution in [0.5, 0.6) is 0 Å². The summed E-state index contributed by atoms with van der Waals surface area (Å²) in [6, 6.07) is 7.30. The molecule has 5 nitrogen and oxygen atoms in total. The van der Waals surface area contributed by atoms with E-state index in [1.54, 1.807) is 17.0 Å². The second-order valence-electron chi connectivity index (χ2n) is 6.54. The van der Waals surface area contributed by atoms with Gasteiger partial charge in [-0.2, -0.15) is 0 Å². The Hall–Kier alpha value is -1.59. The van der Waals surface area contributed by atoms with E-state index >= 15 is 0 Å². The van der Waals surface area contributed by atoms with E-state index < -0.39 is 5.41 Å². The number of carbonyl (C=O) groups excluding carboxylic acids is 2. The Labute approximate surface area is 146 Å². The van der Waals surface area contributed by atoms with Gasteiger partial charge in [0.25, 0.3) is 5.91 Å². The van der Waals surface area contributed by atoms with Crippen LogP contribution in [0.15, 0.2) is 24.3 Å². The predicted molar refractivity (Wildman–Crippen MR) is 89.9 cm³/mol. The Balaban J connectivity index is 1.61. The van der Waals surface area contributed by atoms with Gasteiger partial charge >= 0.3 is 5.97 Å². The molecule has 1 aliphatic carbocycles. The van der Waals surface area contributed by atoms with Crippen molar-refractivity contribution in [3.05, 3.63) is 34.9 Å². The molecule has 1 aromatic carbocycles. The summed E-state index contributed by atoms with van der Waals surface area (Å²) in [4.78, 5) is 26.6. The van der Waals surface area contributed by atoms with Gasteiger partial charge in [0.2, 0.25) is 0 Å². The first-order valence-corrected chi connectivity index (χ1v) is 8.72. The lowest BCUT2D eigenvalue weighted by Gasteiger charge is -2.40. The van der Waals surface area contributed by atoms with Crippen LogP contribution >= 0.6 is 11.6 Å². The van der Waals surface area contributed by atoms with Gasteiger partial charge < -0.3 is 14.4 Å². The summed E-state index contributed by atoms with van der Waals surface area (Å²) in [5.41, 5.74) is 0.291. The molecule has 0 radical (unpaired) electrons. The van der Waals surface area contributed by atoms with Crippen LogP contribution in [0.4, 0.5) is 0 Å². The number of nitrogens with zero attached hydrogens (tertiary/aromatic N) is 1. The van der Waals surface area contributed by atoms with E-state index in [0.29, 0.717) is 24.7 Å². The molecular formula is C18H22ClNO4. The first-order chi connectivity index (χ1) is 11.5. The fourth-order valence-electron chi connectivity index (χ4n) is 3.31. The standard InChI is InChI=1S/C18H22ClNO4/c1-13-11-20(9-10-23-13)16(21)12-24-17(22)18(7-2-8-18)14-3-5-15(19)6-4-14/h3-6,13H,2,7-12H2,1H3. The third kappa shape index (κ3) is 3.42. The van der Waals surface area contributed by atoms with E-state index in [1.165, 1.54) is 0 Å². The molecule has 6 heteroatoms. The number of hydrogen-bond acceptors (Lipinski definition) is 4. The van der Waals surface area contributed by atoms with Crippen molar-refractivity contribution in [3.8, 4) is 0 Å². The second kappa shape index (κ2) is 7.11. The summed E-state index contributed by atoms with van der Waals surface area (Å²) in [7, 11) is 0. The summed E-state index contributed by atoms with van der Waals surface area (Å²) in [5.74, 6) is -0.477. The zero-order chi connectivity index (χ0) is 17.2. The molecule has 0 aromatic heterocycles. The van der Waals surface area contributed by atoms with Gasteiger partial charge in [0.1, 0.15) is 0 Å². The first kappa shape index (κ1) is 17.2. The van der Waals surface area contributed by atoms with Crippen LogP contribution in [0.2, 0.25) is 5.02 Å². The molecule has 2 aliphatic rings. The van der Waals surface area contributed by atoms with Crippen LogP contribution in [0, 0.1) is 0 Å². The van der Waals surface area contributed by atoms with Crippen molar-refractivity contribution >= 4 is 23.5 Å². The van der Waals surface area contributed by atoms with Gasteiger partial charge in [-0.15, -0.1) is 0 Å². The lowest BCUT2D eigenvalue weighted by atomic mass is 9.64. The molecule has 1 unspecified atom stereocenters. The summed E-state index contributed by atoms with van der Waals surface area (Å²) in [5, 5.41) is 0.637. The molecule has 1 saturated carbocycles. The average Bonchev–Trinajstić information content (AvgIpc) is 2.53. The van der Waals surface area contributed by atoms with Crippen molar-refractivity contribution in [3.63, 3.8) is 0 Å². The highest BCUT2D eigenvalue weighted by Gasteiger charge is 2.47. The van der Waals surface area contributed by atoms with Gasteiger partial charge in [-0.25, -0.2) is 0 Å². The maximum absolute atomic E-state index is 12.6. The fraction of sp³-hybridized carbons (Fsp3) is 0.556. The van der Waals surface area contributed by atoms with Crippen molar-refractivity contribution in [1.82, 2.24) is 4.90 Å². The van der Waals surface area contributed by atoms with Crippen LogP contribution in [0.3, 0.4) is 0 Å². The predicted octanol–water partition coefficient (Wildman–Crippen LogP) is 2.55. The molecule has 1 saturated heterocycles. The lowest BCUT2D eigenvalue weighted by molar-refractivity contribution is -0.162. The van der Waals surface area contributed by atoms with Gasteiger partial charge in [0.15, 0.2) is 6.61 Å². The molecule has 3 rings (SSSR count). The van der Waals surface area contributed by atoms with E-state index in [4.69, 9.17) is 21.1 Å². The molecular weight excluding hydrogens is 330 g/mol. The number of ether oxygens (including phenoxy) is 2. The van der Waals surface area contributed by atoms with Crippen LogP contribution in [0.25, 0.3) is 0 Å². The quantitative estimate of drug-likeness (QED) is 0.782. The maximum atomic E-state index is 12.6. The van der Waals surface area contributed by atoms with Crippen LogP contribution in [0.1, 0.15) is 31.7 Å². The average molecular weight is 352 g/mol. The highest BCUT2D eigenvalue weighted by molar-refractivity contribution is 6.30. The molecule has 2 fully saturated rings. The fourth-order valence-corrected chi connectivity index (χ4v) is 3.44. The zero-order valence-corrected chi connectivity index (χ0v) is 14.6. The van der Waals surface area contributed by atoms with Gasteiger partial charge in [-0.3, -0.25) is 9.59 Å². The Morgan fingerprint density at radius 2 is 2.04 bits per heavy atom. The number of halogens is 1. The maximum Gasteiger partial charge on any atom is 0.317 e. The minimum atomic E-state index is -0.622. The number of rotatable bonds is 4. The highest BCUT2D eigenvalue weighted by atomic mass is 35.5. The molecule has 0 spiro atoms. The van der Waals surface area contributed by atoms with Gasteiger partial charge in [-0.05, 0) is 37.5 Å². The number of morpholine rings is 1. The van der Waals surface area contributed by atoms with Crippen LogP contribution < -0.4 is 0 Å². The van der Waals surface area contributed by atoms with E-state index in [9.17, 15) is 9.59 Å². The number of carbonyl (C=O) groups is 2. The van der Waals surface area contributed by atoms with Gasteiger partial charge in [0.05, 0.1) is 18.1 Å². The van der Waals surface area contributed by atoms with Gasteiger partial charge in [-0.1, -0.05) is 30.2 Å². The number of hydrogen-bond donors (Lipinski definition) is 0. The molecule has 1 aromatic rings. The van der Waals surface area contributed by atoms with Crippen LogP contribution in [-0.4, -0.2) is 49.2 Å². The van der Waals surface area contributed by atoms with E-state index in [-0.39, 0.29) is 24.6 Å². The Bertz CT molecular complexity index is 612. The van der Waals surface area contributed by atoms with Crippen molar-refractivity contribution in [2.45, 2.75) is 37.7 Å². The normalized spacial score (nSPS) is 22.6. The number of esters is 1. The SMILES string of the molecule is CC1CN(C(=O)COC(=O)C2(c3ccc(Cl)cc3)CCC2)CCO1. The van der Waals surface area contributed by atoms with Crippen molar-refractivity contribution in [2.75, 3.05) is 26.3 Å². The second-order valence-corrected chi connectivity index (χ2v) is 6.98.